The Morgan fingerprint density at radius 2 is 2.29 bits per heavy atom. The van der Waals surface area contributed by atoms with Gasteiger partial charge < -0.3 is 10.1 Å². The number of aromatic nitrogens is 2. The first-order valence-electron chi connectivity index (χ1n) is 6.01. The van der Waals surface area contributed by atoms with E-state index in [1.807, 2.05) is 6.92 Å². The van der Waals surface area contributed by atoms with Gasteiger partial charge in [-0.3, -0.25) is 4.98 Å². The third-order valence-corrected chi connectivity index (χ3v) is 2.17. The molecule has 0 fully saturated rings. The zero-order valence-corrected chi connectivity index (χ0v) is 10.7. The quantitative estimate of drug-likeness (QED) is 0.555. The predicted octanol–water partition coefficient (Wildman–Crippen LogP) is 2.32. The van der Waals surface area contributed by atoms with E-state index in [0.717, 1.165) is 37.2 Å². The molecule has 0 radical (unpaired) electrons. The average molecular weight is 235 g/mol. The van der Waals surface area contributed by atoms with Crippen LogP contribution in [0.1, 0.15) is 32.4 Å². The molecule has 0 aromatic carbocycles. The van der Waals surface area contributed by atoms with Crippen molar-refractivity contribution in [3.63, 3.8) is 0 Å². The van der Waals surface area contributed by atoms with Gasteiger partial charge in [0, 0.05) is 19.2 Å². The zero-order chi connectivity index (χ0) is 12.5. The van der Waals surface area contributed by atoms with Gasteiger partial charge in [0.1, 0.15) is 0 Å². The van der Waals surface area contributed by atoms with Crippen LogP contribution in [0.3, 0.4) is 0 Å². The Labute approximate surface area is 103 Å². The molecule has 4 nitrogen and oxygen atoms in total. The van der Waals surface area contributed by atoms with Gasteiger partial charge in [-0.25, -0.2) is 4.98 Å². The maximum atomic E-state index is 5.50. The molecule has 1 aromatic rings. The van der Waals surface area contributed by atoms with Crippen LogP contribution >= 0.6 is 0 Å². The molecule has 4 heteroatoms. The molecule has 1 rings (SSSR count). The molecule has 0 bridgehead atoms. The van der Waals surface area contributed by atoms with Gasteiger partial charge >= 0.3 is 0 Å². The highest BCUT2D eigenvalue weighted by atomic mass is 16.5. The number of nitrogens with zero attached hydrogens (tertiary/aromatic N) is 2. The summed E-state index contributed by atoms with van der Waals surface area (Å²) in [6.07, 6.45) is 5.36. The molecule has 1 N–H and O–H groups in total. The van der Waals surface area contributed by atoms with Gasteiger partial charge in [-0.15, -0.1) is 6.58 Å². The molecule has 0 saturated carbocycles. The molecule has 94 valence electrons. The molecule has 0 aliphatic carbocycles. The van der Waals surface area contributed by atoms with Crippen molar-refractivity contribution in [2.45, 2.75) is 33.2 Å². The minimum atomic E-state index is 0.585. The molecule has 1 heterocycles. The minimum absolute atomic E-state index is 0.585. The Morgan fingerprint density at radius 1 is 1.47 bits per heavy atom. The maximum Gasteiger partial charge on any atom is 0.232 e. The van der Waals surface area contributed by atoms with Crippen molar-refractivity contribution in [1.82, 2.24) is 15.3 Å². The largest absolute Gasteiger partial charge is 0.476 e. The lowest BCUT2D eigenvalue weighted by Crippen LogP contribution is -2.15. The molecule has 0 saturated heterocycles. The number of ether oxygens (including phenoxy) is 1. The van der Waals surface area contributed by atoms with Crippen LogP contribution < -0.4 is 10.1 Å². The second kappa shape index (κ2) is 7.79. The van der Waals surface area contributed by atoms with E-state index in [-0.39, 0.29) is 0 Å². The molecule has 0 aliphatic heterocycles. The summed E-state index contributed by atoms with van der Waals surface area (Å²) in [4.78, 5) is 8.48. The van der Waals surface area contributed by atoms with E-state index in [1.54, 1.807) is 12.4 Å². The Kier molecular flexibility index (Phi) is 6.25. The minimum Gasteiger partial charge on any atom is -0.476 e. The van der Waals surface area contributed by atoms with Gasteiger partial charge in [0.25, 0.3) is 0 Å². The molecular weight excluding hydrogens is 214 g/mol. The van der Waals surface area contributed by atoms with Crippen molar-refractivity contribution in [3.05, 3.63) is 30.2 Å². The summed E-state index contributed by atoms with van der Waals surface area (Å²) in [7, 11) is 0. The molecule has 0 amide bonds. The van der Waals surface area contributed by atoms with Crippen LogP contribution in [0, 0.1) is 0 Å². The summed E-state index contributed by atoms with van der Waals surface area (Å²) in [5, 5.41) is 3.28. The third kappa shape index (κ3) is 6.02. The van der Waals surface area contributed by atoms with Gasteiger partial charge in [-0.05, 0) is 19.9 Å². The smallest absolute Gasteiger partial charge is 0.232 e. The fraction of sp³-hybridized carbons (Fsp3) is 0.538. The highest BCUT2D eigenvalue weighted by molar-refractivity contribution is 5.08. The lowest BCUT2D eigenvalue weighted by atomic mass is 10.3. The van der Waals surface area contributed by atoms with Crippen molar-refractivity contribution < 1.29 is 4.74 Å². The molecular formula is C13H21N3O. The van der Waals surface area contributed by atoms with Crippen LogP contribution in [0.2, 0.25) is 0 Å². The van der Waals surface area contributed by atoms with Crippen LogP contribution in [0.4, 0.5) is 0 Å². The van der Waals surface area contributed by atoms with E-state index >= 15 is 0 Å². The summed E-state index contributed by atoms with van der Waals surface area (Å²) in [5.41, 5.74) is 2.02. The molecule has 0 unspecified atom stereocenters. The van der Waals surface area contributed by atoms with Crippen LogP contribution in [-0.2, 0) is 6.54 Å². The van der Waals surface area contributed by atoms with E-state index in [4.69, 9.17) is 4.74 Å². The predicted molar refractivity (Wildman–Crippen MR) is 69.0 cm³/mol. The van der Waals surface area contributed by atoms with Gasteiger partial charge in [-0.2, -0.15) is 0 Å². The van der Waals surface area contributed by atoms with Crippen LogP contribution in [-0.4, -0.2) is 23.1 Å². The molecule has 1 aromatic heterocycles. The summed E-state index contributed by atoms with van der Waals surface area (Å²) < 4.78 is 5.50. The van der Waals surface area contributed by atoms with Gasteiger partial charge in [0.15, 0.2) is 0 Å². The Bertz CT molecular complexity index is 352. The second-order valence-electron chi connectivity index (χ2n) is 4.08. The summed E-state index contributed by atoms with van der Waals surface area (Å²) in [6.45, 7) is 10.3. The Morgan fingerprint density at radius 3 is 3.00 bits per heavy atom. The first-order valence-corrected chi connectivity index (χ1v) is 6.01. The summed E-state index contributed by atoms with van der Waals surface area (Å²) in [6, 6.07) is 0. The highest BCUT2D eigenvalue weighted by Gasteiger charge is 1.99. The van der Waals surface area contributed by atoms with E-state index in [1.165, 1.54) is 0 Å². The topological polar surface area (TPSA) is 47.0 Å². The standard InChI is InChI=1S/C13H21N3O/c1-4-6-14-8-12-9-15-10-13(16-12)17-7-5-11(2)3/h9-10,14H,2,4-8H2,1,3H3. The molecule has 0 aliphatic rings. The lowest BCUT2D eigenvalue weighted by Gasteiger charge is -2.06. The van der Waals surface area contributed by atoms with Crippen LogP contribution in [0.15, 0.2) is 24.5 Å². The number of rotatable bonds is 8. The van der Waals surface area contributed by atoms with Crippen molar-refractivity contribution in [2.75, 3.05) is 13.2 Å². The first kappa shape index (κ1) is 13.6. The van der Waals surface area contributed by atoms with Crippen molar-refractivity contribution >= 4 is 0 Å². The second-order valence-corrected chi connectivity index (χ2v) is 4.08. The highest BCUT2D eigenvalue weighted by Crippen LogP contribution is 2.06. The van der Waals surface area contributed by atoms with E-state index < -0.39 is 0 Å². The van der Waals surface area contributed by atoms with Gasteiger partial charge in [0.2, 0.25) is 5.88 Å². The van der Waals surface area contributed by atoms with Crippen molar-refractivity contribution in [3.8, 4) is 5.88 Å². The summed E-state index contributed by atoms with van der Waals surface area (Å²) in [5.74, 6) is 0.585. The van der Waals surface area contributed by atoms with Crippen LogP contribution in [0.25, 0.3) is 0 Å². The van der Waals surface area contributed by atoms with Gasteiger partial charge in [-0.1, -0.05) is 12.5 Å². The number of hydrogen-bond donors (Lipinski definition) is 1. The normalized spacial score (nSPS) is 10.2. The van der Waals surface area contributed by atoms with E-state index in [2.05, 4.69) is 28.8 Å². The fourth-order valence-corrected chi connectivity index (χ4v) is 1.26. The molecule has 17 heavy (non-hydrogen) atoms. The molecule has 0 spiro atoms. The SMILES string of the molecule is C=C(C)CCOc1cncc(CNCCC)n1. The summed E-state index contributed by atoms with van der Waals surface area (Å²) >= 11 is 0. The average Bonchev–Trinajstić information content (AvgIpc) is 2.29. The third-order valence-electron chi connectivity index (χ3n) is 2.17. The van der Waals surface area contributed by atoms with E-state index in [9.17, 15) is 0 Å². The Hall–Kier alpha value is -1.42. The Balaban J connectivity index is 2.39. The van der Waals surface area contributed by atoms with Crippen molar-refractivity contribution in [2.24, 2.45) is 0 Å². The van der Waals surface area contributed by atoms with E-state index in [0.29, 0.717) is 12.5 Å². The monoisotopic (exact) mass is 235 g/mol. The first-order chi connectivity index (χ1) is 8.22. The maximum absolute atomic E-state index is 5.50. The fourth-order valence-electron chi connectivity index (χ4n) is 1.26. The number of hydrogen-bond acceptors (Lipinski definition) is 4. The zero-order valence-electron chi connectivity index (χ0n) is 10.7. The molecule has 0 atom stereocenters. The van der Waals surface area contributed by atoms with Gasteiger partial charge in [0.05, 0.1) is 18.5 Å². The van der Waals surface area contributed by atoms with Crippen LogP contribution in [0.5, 0.6) is 5.88 Å². The lowest BCUT2D eigenvalue weighted by molar-refractivity contribution is 0.306. The van der Waals surface area contributed by atoms with Crippen molar-refractivity contribution in [1.29, 1.82) is 0 Å². The number of nitrogens with one attached hydrogen (secondary N) is 1.